The molecule has 0 aliphatic heterocycles. The number of methoxy groups -OCH3 is 1. The highest BCUT2D eigenvalue weighted by Crippen LogP contribution is 2.31. The van der Waals surface area contributed by atoms with Crippen LogP contribution in [0.4, 0.5) is 0 Å². The summed E-state index contributed by atoms with van der Waals surface area (Å²) in [5.41, 5.74) is 1.98. The maximum Gasteiger partial charge on any atom is 0.333 e. The first kappa shape index (κ1) is 12.6. The summed E-state index contributed by atoms with van der Waals surface area (Å²) >= 11 is 0. The van der Waals surface area contributed by atoms with Crippen molar-refractivity contribution >= 4 is 5.97 Å². The second-order valence-corrected chi connectivity index (χ2v) is 4.61. The summed E-state index contributed by atoms with van der Waals surface area (Å²) in [5.74, 6) is 0.392. The molecule has 0 saturated heterocycles. The number of esters is 1. The van der Waals surface area contributed by atoms with Gasteiger partial charge in [-0.3, -0.25) is 0 Å². The van der Waals surface area contributed by atoms with Crippen molar-refractivity contribution < 1.29 is 9.53 Å². The quantitative estimate of drug-likeness (QED) is 0.586. The lowest BCUT2D eigenvalue weighted by Gasteiger charge is -2.18. The maximum atomic E-state index is 11.7. The third kappa shape index (κ3) is 2.70. The van der Waals surface area contributed by atoms with E-state index in [0.717, 1.165) is 5.57 Å². The molecule has 2 atom stereocenters. The number of allylic oxidation sites excluding steroid dienone is 3. The number of rotatable bonds is 2. The highest BCUT2D eigenvalue weighted by molar-refractivity contribution is 5.89. The molecule has 2 heteroatoms. The Labute approximate surface area is 108 Å². The van der Waals surface area contributed by atoms with Crippen LogP contribution >= 0.6 is 0 Å². The number of benzene rings is 1. The molecule has 1 aromatic carbocycles. The van der Waals surface area contributed by atoms with Crippen LogP contribution in [-0.2, 0) is 9.53 Å². The molecule has 1 aliphatic carbocycles. The Kier molecular flexibility index (Phi) is 3.98. The van der Waals surface area contributed by atoms with Gasteiger partial charge in [-0.15, -0.1) is 0 Å². The molecule has 2 rings (SSSR count). The van der Waals surface area contributed by atoms with Crippen molar-refractivity contribution in [1.29, 1.82) is 0 Å². The van der Waals surface area contributed by atoms with Gasteiger partial charge in [0.2, 0.25) is 0 Å². The van der Waals surface area contributed by atoms with Gasteiger partial charge in [-0.1, -0.05) is 55.5 Å². The van der Waals surface area contributed by atoms with E-state index in [1.165, 1.54) is 12.7 Å². The molecule has 0 spiro atoms. The summed E-state index contributed by atoms with van der Waals surface area (Å²) < 4.78 is 4.82. The molecule has 1 aliphatic rings. The summed E-state index contributed by atoms with van der Waals surface area (Å²) in [6.07, 6.45) is 6.92. The highest BCUT2D eigenvalue weighted by atomic mass is 16.5. The fourth-order valence-corrected chi connectivity index (χ4v) is 2.32. The molecule has 0 bridgehead atoms. The predicted molar refractivity (Wildman–Crippen MR) is 72.2 cm³/mol. The minimum atomic E-state index is -0.227. The molecule has 0 saturated carbocycles. The van der Waals surface area contributed by atoms with Crippen LogP contribution in [0.1, 0.15) is 24.8 Å². The van der Waals surface area contributed by atoms with E-state index >= 15 is 0 Å². The number of hydrogen-bond acceptors (Lipinski definition) is 2. The van der Waals surface area contributed by atoms with E-state index in [1.807, 2.05) is 24.3 Å². The largest absolute Gasteiger partial charge is 0.466 e. The SMILES string of the molecule is COC(=O)C1=CC(c2ccccc2)C(C)C=CC1. The molecule has 18 heavy (non-hydrogen) atoms. The van der Waals surface area contributed by atoms with E-state index in [1.54, 1.807) is 0 Å². The monoisotopic (exact) mass is 242 g/mol. The zero-order valence-corrected chi connectivity index (χ0v) is 10.8. The van der Waals surface area contributed by atoms with Crippen molar-refractivity contribution in [3.8, 4) is 0 Å². The lowest BCUT2D eigenvalue weighted by Crippen LogP contribution is -2.08. The first-order valence-electron chi connectivity index (χ1n) is 6.23. The Bertz CT molecular complexity index is 471. The Morgan fingerprint density at radius 2 is 2.00 bits per heavy atom. The van der Waals surface area contributed by atoms with Gasteiger partial charge >= 0.3 is 5.97 Å². The van der Waals surface area contributed by atoms with Gasteiger partial charge in [-0.2, -0.15) is 0 Å². The number of hydrogen-bond donors (Lipinski definition) is 0. The summed E-state index contributed by atoms with van der Waals surface area (Å²) in [5, 5.41) is 0. The molecule has 0 radical (unpaired) electrons. The van der Waals surface area contributed by atoms with E-state index in [-0.39, 0.29) is 11.9 Å². The molecule has 2 unspecified atom stereocenters. The number of ether oxygens (including phenoxy) is 1. The van der Waals surface area contributed by atoms with Crippen LogP contribution in [-0.4, -0.2) is 13.1 Å². The first-order chi connectivity index (χ1) is 8.72. The van der Waals surface area contributed by atoms with E-state index in [4.69, 9.17) is 4.74 Å². The molecule has 1 aromatic rings. The van der Waals surface area contributed by atoms with Gasteiger partial charge in [0.25, 0.3) is 0 Å². The number of carbonyl (C=O) groups excluding carboxylic acids is 1. The fraction of sp³-hybridized carbons (Fsp3) is 0.312. The molecule has 0 heterocycles. The van der Waals surface area contributed by atoms with Crippen molar-refractivity contribution in [2.24, 2.45) is 5.92 Å². The van der Waals surface area contributed by atoms with Crippen molar-refractivity contribution in [1.82, 2.24) is 0 Å². The van der Waals surface area contributed by atoms with Crippen LogP contribution in [0.2, 0.25) is 0 Å². The Hall–Kier alpha value is -1.83. The molecule has 94 valence electrons. The summed E-state index contributed by atoms with van der Waals surface area (Å²) in [6.45, 7) is 2.17. The Balaban J connectivity index is 2.36. The van der Waals surface area contributed by atoms with E-state index < -0.39 is 0 Å². The topological polar surface area (TPSA) is 26.3 Å². The van der Waals surface area contributed by atoms with E-state index in [0.29, 0.717) is 12.3 Å². The molecular weight excluding hydrogens is 224 g/mol. The van der Waals surface area contributed by atoms with Gasteiger partial charge in [-0.25, -0.2) is 4.79 Å². The van der Waals surface area contributed by atoms with Crippen LogP contribution in [0.3, 0.4) is 0 Å². The van der Waals surface area contributed by atoms with Gasteiger partial charge < -0.3 is 4.74 Å². The minimum Gasteiger partial charge on any atom is -0.466 e. The molecular formula is C16H18O2. The zero-order chi connectivity index (χ0) is 13.0. The van der Waals surface area contributed by atoms with Crippen LogP contribution in [0.5, 0.6) is 0 Å². The van der Waals surface area contributed by atoms with Gasteiger partial charge in [0.15, 0.2) is 0 Å². The van der Waals surface area contributed by atoms with Crippen molar-refractivity contribution in [3.05, 3.63) is 59.7 Å². The minimum absolute atomic E-state index is 0.227. The number of carbonyl (C=O) groups is 1. The van der Waals surface area contributed by atoms with E-state index in [9.17, 15) is 4.79 Å². The standard InChI is InChI=1S/C16H18O2/c1-12-7-6-10-14(16(17)18-2)11-15(12)13-8-4-3-5-9-13/h3-9,11-12,15H,10H2,1-2H3. The highest BCUT2D eigenvalue weighted by Gasteiger charge is 2.20. The lowest BCUT2D eigenvalue weighted by atomic mass is 9.87. The van der Waals surface area contributed by atoms with Gasteiger partial charge in [0.1, 0.15) is 0 Å². The van der Waals surface area contributed by atoms with Crippen LogP contribution < -0.4 is 0 Å². The Morgan fingerprint density at radius 1 is 1.28 bits per heavy atom. The van der Waals surface area contributed by atoms with Crippen molar-refractivity contribution in [3.63, 3.8) is 0 Å². The molecule has 0 fully saturated rings. The molecule has 0 amide bonds. The normalized spacial score (nSPS) is 23.1. The summed E-state index contributed by atoms with van der Waals surface area (Å²) in [7, 11) is 1.43. The van der Waals surface area contributed by atoms with Gasteiger partial charge in [-0.05, 0) is 17.9 Å². The first-order valence-corrected chi connectivity index (χ1v) is 6.23. The average molecular weight is 242 g/mol. The summed E-state index contributed by atoms with van der Waals surface area (Å²) in [6, 6.07) is 10.3. The molecule has 0 aromatic heterocycles. The maximum absolute atomic E-state index is 11.7. The average Bonchev–Trinajstić information content (AvgIpc) is 2.61. The third-order valence-electron chi connectivity index (χ3n) is 3.36. The van der Waals surface area contributed by atoms with Gasteiger partial charge in [0, 0.05) is 11.5 Å². The molecule has 2 nitrogen and oxygen atoms in total. The second kappa shape index (κ2) is 5.67. The van der Waals surface area contributed by atoms with Crippen molar-refractivity contribution in [2.75, 3.05) is 7.11 Å². The van der Waals surface area contributed by atoms with Crippen molar-refractivity contribution in [2.45, 2.75) is 19.3 Å². The van der Waals surface area contributed by atoms with Crippen LogP contribution in [0.25, 0.3) is 0 Å². The third-order valence-corrected chi connectivity index (χ3v) is 3.36. The zero-order valence-electron chi connectivity index (χ0n) is 10.8. The predicted octanol–water partition coefficient (Wildman–Crippen LogP) is 3.47. The Morgan fingerprint density at radius 3 is 2.67 bits per heavy atom. The smallest absolute Gasteiger partial charge is 0.333 e. The van der Waals surface area contributed by atoms with Gasteiger partial charge in [0.05, 0.1) is 7.11 Å². The second-order valence-electron chi connectivity index (χ2n) is 4.61. The lowest BCUT2D eigenvalue weighted by molar-refractivity contribution is -0.136. The van der Waals surface area contributed by atoms with Crippen LogP contribution in [0.15, 0.2) is 54.1 Å². The van der Waals surface area contributed by atoms with E-state index in [2.05, 4.69) is 31.2 Å². The molecule has 0 N–H and O–H groups in total. The summed E-state index contributed by atoms with van der Waals surface area (Å²) in [4.78, 5) is 11.7. The van der Waals surface area contributed by atoms with Crippen LogP contribution in [0, 0.1) is 5.92 Å². The fourth-order valence-electron chi connectivity index (χ4n) is 2.32.